The van der Waals surface area contributed by atoms with E-state index < -0.39 is 15.9 Å². The minimum absolute atomic E-state index is 0.0737. The van der Waals surface area contributed by atoms with Crippen LogP contribution in [-0.4, -0.2) is 58.0 Å². The summed E-state index contributed by atoms with van der Waals surface area (Å²) in [4.78, 5) is 15.9. The largest absolute Gasteiger partial charge is 0.496 e. The van der Waals surface area contributed by atoms with E-state index in [9.17, 15) is 13.2 Å². The fraction of sp³-hybridized carbons (Fsp3) is 0.318. The number of hydrogen-bond acceptors (Lipinski definition) is 6. The highest BCUT2D eigenvalue weighted by atomic mass is 35.5. The first-order valence-corrected chi connectivity index (χ1v) is 12.0. The summed E-state index contributed by atoms with van der Waals surface area (Å²) in [5, 5.41) is 3.41. The molecule has 2 N–H and O–H groups in total. The molecule has 0 aliphatic heterocycles. The number of aromatic nitrogens is 1. The number of nitrogens with zero attached hydrogens (tertiary/aromatic N) is 1. The Morgan fingerprint density at radius 2 is 1.70 bits per heavy atom. The minimum atomic E-state index is -3.81. The van der Waals surface area contributed by atoms with Crippen molar-refractivity contribution in [2.24, 2.45) is 0 Å². The molecule has 3 aromatic rings. The molecule has 0 bridgehead atoms. The molecule has 0 aliphatic carbocycles. The van der Waals surface area contributed by atoms with Crippen LogP contribution in [0, 0.1) is 0 Å². The molecule has 33 heavy (non-hydrogen) atoms. The lowest BCUT2D eigenvalue weighted by Gasteiger charge is -2.19. The van der Waals surface area contributed by atoms with Gasteiger partial charge in [0, 0.05) is 30.2 Å². The number of carbonyl (C=O) groups is 1. The summed E-state index contributed by atoms with van der Waals surface area (Å²) in [6.07, 6.45) is 0. The second-order valence-corrected chi connectivity index (χ2v) is 9.29. The van der Waals surface area contributed by atoms with Crippen molar-refractivity contribution in [1.29, 1.82) is 0 Å². The fourth-order valence-corrected chi connectivity index (χ4v) is 5.50. The van der Waals surface area contributed by atoms with Crippen molar-refractivity contribution >= 4 is 44.1 Å². The smallest absolute Gasteiger partial charge is 0.272 e. The second-order valence-electron chi connectivity index (χ2n) is 6.97. The van der Waals surface area contributed by atoms with Crippen molar-refractivity contribution < 1.29 is 27.4 Å². The Labute approximate surface area is 197 Å². The number of hydrogen-bond donors (Lipinski definition) is 2. The van der Waals surface area contributed by atoms with E-state index in [1.807, 2.05) is 0 Å². The van der Waals surface area contributed by atoms with Gasteiger partial charge in [-0.3, -0.25) is 4.79 Å². The van der Waals surface area contributed by atoms with Crippen LogP contribution in [0.25, 0.3) is 10.9 Å². The molecule has 11 heteroatoms. The quantitative estimate of drug-likeness (QED) is 0.462. The van der Waals surface area contributed by atoms with Gasteiger partial charge in [-0.05, 0) is 24.3 Å². The van der Waals surface area contributed by atoms with Crippen LogP contribution in [0.1, 0.15) is 24.3 Å². The van der Waals surface area contributed by atoms with E-state index in [1.54, 1.807) is 26.0 Å². The maximum absolute atomic E-state index is 13.0. The van der Waals surface area contributed by atoms with E-state index in [4.69, 9.17) is 25.8 Å². The van der Waals surface area contributed by atoms with Crippen LogP contribution >= 0.6 is 11.6 Å². The SMILES string of the molecule is CCN(CC)S(=O)(=O)c1cc(NC(=O)c2cc3c(OC)cc(OC)c(OC)c3[nH]2)ccc1Cl. The van der Waals surface area contributed by atoms with Gasteiger partial charge in [-0.25, -0.2) is 8.42 Å². The molecule has 0 spiro atoms. The van der Waals surface area contributed by atoms with Gasteiger partial charge in [0.25, 0.3) is 5.91 Å². The van der Waals surface area contributed by atoms with Crippen molar-refractivity contribution in [3.8, 4) is 17.2 Å². The number of ether oxygens (including phenoxy) is 3. The van der Waals surface area contributed by atoms with Crippen molar-refractivity contribution in [2.45, 2.75) is 18.7 Å². The molecular formula is C22H26ClN3O6S. The summed E-state index contributed by atoms with van der Waals surface area (Å²) in [5.41, 5.74) is 1.03. The number of anilines is 1. The first kappa shape index (κ1) is 24.7. The van der Waals surface area contributed by atoms with E-state index in [1.165, 1.54) is 43.8 Å². The van der Waals surface area contributed by atoms with Crippen LogP contribution in [0.3, 0.4) is 0 Å². The molecule has 0 saturated carbocycles. The Hall–Kier alpha value is -2.95. The number of halogens is 1. The second kappa shape index (κ2) is 9.90. The van der Waals surface area contributed by atoms with Crippen molar-refractivity contribution in [3.05, 3.63) is 41.0 Å². The number of H-pyrrole nitrogens is 1. The van der Waals surface area contributed by atoms with Gasteiger partial charge in [0.05, 0.1) is 31.9 Å². The molecule has 178 valence electrons. The standard InChI is InChI=1S/C22H26ClN3O6S/c1-6-26(7-2)33(28,29)19-10-13(8-9-15(19)23)24-22(27)16-11-14-17(30-3)12-18(31-4)21(32-5)20(14)25-16/h8-12,25H,6-7H2,1-5H3,(H,24,27). The number of carbonyl (C=O) groups excluding carboxylic acids is 1. The molecule has 0 unspecified atom stereocenters. The third-order valence-corrected chi connectivity index (χ3v) is 7.73. The van der Waals surface area contributed by atoms with Crippen LogP contribution in [-0.2, 0) is 10.0 Å². The topological polar surface area (TPSA) is 110 Å². The number of methoxy groups -OCH3 is 3. The van der Waals surface area contributed by atoms with Crippen LogP contribution < -0.4 is 19.5 Å². The minimum Gasteiger partial charge on any atom is -0.496 e. The molecule has 1 aromatic heterocycles. The Kier molecular flexibility index (Phi) is 7.41. The van der Waals surface area contributed by atoms with Gasteiger partial charge in [0.15, 0.2) is 11.5 Å². The highest BCUT2D eigenvalue weighted by Gasteiger charge is 2.25. The van der Waals surface area contributed by atoms with E-state index in [0.29, 0.717) is 41.2 Å². The zero-order valence-electron chi connectivity index (χ0n) is 19.0. The maximum Gasteiger partial charge on any atom is 0.272 e. The zero-order chi connectivity index (χ0) is 24.3. The van der Waals surface area contributed by atoms with Gasteiger partial charge in [0.2, 0.25) is 10.0 Å². The fourth-order valence-electron chi connectivity index (χ4n) is 3.54. The van der Waals surface area contributed by atoms with Gasteiger partial charge in [0.1, 0.15) is 16.3 Å². The van der Waals surface area contributed by atoms with E-state index in [2.05, 4.69) is 10.3 Å². The lowest BCUT2D eigenvalue weighted by molar-refractivity contribution is 0.102. The average Bonchev–Trinajstić information content (AvgIpc) is 3.25. The van der Waals surface area contributed by atoms with Crippen LogP contribution in [0.15, 0.2) is 35.2 Å². The summed E-state index contributed by atoms with van der Waals surface area (Å²) in [5.74, 6) is 0.880. The van der Waals surface area contributed by atoms with E-state index in [-0.39, 0.29) is 21.3 Å². The Bertz CT molecular complexity index is 1290. The Morgan fingerprint density at radius 3 is 2.27 bits per heavy atom. The van der Waals surface area contributed by atoms with Gasteiger partial charge < -0.3 is 24.5 Å². The number of nitrogens with one attached hydrogen (secondary N) is 2. The molecule has 0 radical (unpaired) electrons. The number of benzene rings is 2. The molecule has 1 amide bonds. The molecule has 0 atom stereocenters. The molecule has 0 fully saturated rings. The zero-order valence-corrected chi connectivity index (χ0v) is 20.6. The number of aromatic amines is 1. The number of fused-ring (bicyclic) bond motifs is 1. The van der Waals surface area contributed by atoms with Crippen LogP contribution in [0.5, 0.6) is 17.2 Å². The predicted molar refractivity (Wildman–Crippen MR) is 127 cm³/mol. The van der Waals surface area contributed by atoms with Crippen molar-refractivity contribution in [2.75, 3.05) is 39.7 Å². The normalized spacial score (nSPS) is 11.6. The van der Waals surface area contributed by atoms with Crippen molar-refractivity contribution in [3.63, 3.8) is 0 Å². The first-order valence-electron chi connectivity index (χ1n) is 10.1. The molecule has 0 saturated heterocycles. The van der Waals surface area contributed by atoms with Gasteiger partial charge in [-0.15, -0.1) is 0 Å². The van der Waals surface area contributed by atoms with Crippen LogP contribution in [0.4, 0.5) is 5.69 Å². The molecular weight excluding hydrogens is 470 g/mol. The van der Waals surface area contributed by atoms with Gasteiger partial charge in [-0.2, -0.15) is 4.31 Å². The molecule has 2 aromatic carbocycles. The Morgan fingerprint density at radius 1 is 1.03 bits per heavy atom. The lowest BCUT2D eigenvalue weighted by atomic mass is 10.2. The molecule has 0 aliphatic rings. The monoisotopic (exact) mass is 495 g/mol. The summed E-state index contributed by atoms with van der Waals surface area (Å²) < 4.78 is 43.4. The number of amides is 1. The third-order valence-electron chi connectivity index (χ3n) is 5.20. The highest BCUT2D eigenvalue weighted by molar-refractivity contribution is 7.89. The lowest BCUT2D eigenvalue weighted by Crippen LogP contribution is -2.30. The van der Waals surface area contributed by atoms with Crippen molar-refractivity contribution in [1.82, 2.24) is 9.29 Å². The maximum atomic E-state index is 13.0. The summed E-state index contributed by atoms with van der Waals surface area (Å²) >= 11 is 6.18. The predicted octanol–water partition coefficient (Wildman–Crippen LogP) is 4.13. The molecule has 9 nitrogen and oxygen atoms in total. The van der Waals surface area contributed by atoms with E-state index in [0.717, 1.165) is 0 Å². The molecule has 3 rings (SSSR count). The van der Waals surface area contributed by atoms with Crippen LogP contribution in [0.2, 0.25) is 5.02 Å². The Balaban J connectivity index is 2.00. The summed E-state index contributed by atoms with van der Waals surface area (Å²) in [6.45, 7) is 4.09. The molecule has 1 heterocycles. The van der Waals surface area contributed by atoms with Gasteiger partial charge in [-0.1, -0.05) is 25.4 Å². The first-order chi connectivity index (χ1) is 15.7. The highest BCUT2D eigenvalue weighted by Crippen LogP contribution is 2.41. The van der Waals surface area contributed by atoms with E-state index >= 15 is 0 Å². The summed E-state index contributed by atoms with van der Waals surface area (Å²) in [6, 6.07) is 7.61. The number of rotatable bonds is 9. The third kappa shape index (κ3) is 4.59. The van der Waals surface area contributed by atoms with Gasteiger partial charge >= 0.3 is 0 Å². The summed E-state index contributed by atoms with van der Waals surface area (Å²) in [7, 11) is 0.707. The average molecular weight is 496 g/mol. The number of sulfonamides is 1.